The van der Waals surface area contributed by atoms with Crippen LogP contribution in [0.1, 0.15) is 28.9 Å². The quantitative estimate of drug-likeness (QED) is 0.671. The van der Waals surface area contributed by atoms with E-state index < -0.39 is 0 Å². The minimum Gasteiger partial charge on any atom is -0.399 e. The Morgan fingerprint density at radius 3 is 2.73 bits per heavy atom. The molecule has 1 amide bonds. The second kappa shape index (κ2) is 7.58. The number of aromatic nitrogens is 1. The summed E-state index contributed by atoms with van der Waals surface area (Å²) in [6.07, 6.45) is 1.79. The van der Waals surface area contributed by atoms with Crippen LogP contribution >= 0.6 is 11.3 Å². The van der Waals surface area contributed by atoms with Crippen LogP contribution in [-0.4, -0.2) is 25.0 Å². The molecule has 3 aromatic rings. The number of nitrogens with one attached hydrogen (secondary N) is 1. The van der Waals surface area contributed by atoms with E-state index in [-0.39, 0.29) is 11.9 Å². The van der Waals surface area contributed by atoms with Crippen LogP contribution in [0, 0.1) is 0 Å². The van der Waals surface area contributed by atoms with Gasteiger partial charge in [-0.3, -0.25) is 4.79 Å². The highest BCUT2D eigenvalue weighted by molar-refractivity contribution is 7.13. The van der Waals surface area contributed by atoms with Gasteiger partial charge in [-0.1, -0.05) is 18.2 Å². The second-order valence-electron chi connectivity index (χ2n) is 6.33. The minimum atomic E-state index is -0.145. The largest absolute Gasteiger partial charge is 0.399 e. The molecular formula is C20H22N4OS. The third-order valence-corrected chi connectivity index (χ3v) is 4.98. The fraction of sp³-hybridized carbons (Fsp3) is 0.200. The summed E-state index contributed by atoms with van der Waals surface area (Å²) >= 11 is 1.60. The molecule has 6 heteroatoms. The van der Waals surface area contributed by atoms with Crippen LogP contribution in [0.5, 0.6) is 0 Å². The van der Waals surface area contributed by atoms with Gasteiger partial charge in [-0.15, -0.1) is 11.3 Å². The highest BCUT2D eigenvalue weighted by Crippen LogP contribution is 2.26. The van der Waals surface area contributed by atoms with Crippen LogP contribution in [0.4, 0.5) is 11.4 Å². The number of nitrogen functional groups attached to an aromatic ring is 1. The molecular weight excluding hydrogens is 344 g/mol. The maximum atomic E-state index is 12.8. The van der Waals surface area contributed by atoms with Gasteiger partial charge in [-0.25, -0.2) is 4.98 Å². The first-order valence-corrected chi connectivity index (χ1v) is 9.21. The van der Waals surface area contributed by atoms with Crippen molar-refractivity contribution in [3.63, 3.8) is 0 Å². The summed E-state index contributed by atoms with van der Waals surface area (Å²) in [5.41, 5.74) is 9.93. The Morgan fingerprint density at radius 2 is 2.04 bits per heavy atom. The zero-order valence-electron chi connectivity index (χ0n) is 15.1. The van der Waals surface area contributed by atoms with E-state index in [0.29, 0.717) is 11.3 Å². The molecule has 0 aliphatic heterocycles. The topological polar surface area (TPSA) is 71.2 Å². The molecule has 0 bridgehead atoms. The number of thiazole rings is 1. The average molecular weight is 366 g/mol. The van der Waals surface area contributed by atoms with E-state index in [2.05, 4.69) is 16.4 Å². The molecule has 134 valence electrons. The number of anilines is 2. The lowest BCUT2D eigenvalue weighted by molar-refractivity contribution is 0.0940. The van der Waals surface area contributed by atoms with E-state index in [9.17, 15) is 4.79 Å². The normalized spacial score (nSPS) is 11.8. The molecule has 3 N–H and O–H groups in total. The van der Waals surface area contributed by atoms with E-state index in [1.54, 1.807) is 29.7 Å². The molecule has 1 atom stereocenters. The Balaban J connectivity index is 1.82. The van der Waals surface area contributed by atoms with Crippen LogP contribution < -0.4 is 16.0 Å². The molecule has 0 fully saturated rings. The molecule has 0 radical (unpaired) electrons. The number of nitrogens with two attached hydrogens (primary N) is 1. The van der Waals surface area contributed by atoms with Crippen molar-refractivity contribution in [1.82, 2.24) is 10.3 Å². The van der Waals surface area contributed by atoms with Gasteiger partial charge in [0.2, 0.25) is 0 Å². The lowest BCUT2D eigenvalue weighted by Gasteiger charge is -2.20. The highest BCUT2D eigenvalue weighted by Gasteiger charge is 2.17. The van der Waals surface area contributed by atoms with Gasteiger partial charge < -0.3 is 16.0 Å². The Hall–Kier alpha value is -2.86. The zero-order valence-corrected chi connectivity index (χ0v) is 15.9. The summed E-state index contributed by atoms with van der Waals surface area (Å²) in [5.74, 6) is -0.145. The van der Waals surface area contributed by atoms with Crippen molar-refractivity contribution in [3.05, 3.63) is 65.2 Å². The standard InChI is InChI=1S/C20H22N4OS/c1-13(14-5-4-6-15(11-14)20-22-9-10-26-20)23-19(25)17-12-16(21)7-8-18(17)24(2)3/h4-13H,21H2,1-3H3,(H,23,25). The Bertz CT molecular complexity index is 906. The van der Waals surface area contributed by atoms with Crippen molar-refractivity contribution in [3.8, 4) is 10.6 Å². The number of hydrogen-bond acceptors (Lipinski definition) is 5. The molecule has 26 heavy (non-hydrogen) atoms. The summed E-state index contributed by atoms with van der Waals surface area (Å²) in [4.78, 5) is 19.1. The van der Waals surface area contributed by atoms with Gasteiger partial charge >= 0.3 is 0 Å². The summed E-state index contributed by atoms with van der Waals surface area (Å²) in [6, 6.07) is 13.3. The van der Waals surface area contributed by atoms with Gasteiger partial charge in [0, 0.05) is 42.6 Å². The number of amides is 1. The van der Waals surface area contributed by atoms with Gasteiger partial charge in [0.25, 0.3) is 5.91 Å². The summed E-state index contributed by atoms with van der Waals surface area (Å²) in [5, 5.41) is 5.99. The first-order valence-electron chi connectivity index (χ1n) is 8.33. The molecule has 0 spiro atoms. The lowest BCUT2D eigenvalue weighted by atomic mass is 10.0. The number of carbonyl (C=O) groups excluding carboxylic acids is 1. The van der Waals surface area contributed by atoms with Crippen molar-refractivity contribution < 1.29 is 4.79 Å². The Labute approximate surface area is 157 Å². The van der Waals surface area contributed by atoms with E-state index in [4.69, 9.17) is 5.73 Å². The molecule has 1 unspecified atom stereocenters. The molecule has 1 aromatic heterocycles. The third-order valence-electron chi connectivity index (χ3n) is 4.16. The number of benzene rings is 2. The molecule has 0 saturated carbocycles. The molecule has 0 aliphatic rings. The van der Waals surface area contributed by atoms with Crippen LogP contribution in [0.15, 0.2) is 54.0 Å². The first-order chi connectivity index (χ1) is 12.5. The summed E-state index contributed by atoms with van der Waals surface area (Å²) in [6.45, 7) is 1.97. The highest BCUT2D eigenvalue weighted by atomic mass is 32.1. The zero-order chi connectivity index (χ0) is 18.7. The Kier molecular flexibility index (Phi) is 5.23. The fourth-order valence-electron chi connectivity index (χ4n) is 2.79. The monoisotopic (exact) mass is 366 g/mol. The van der Waals surface area contributed by atoms with E-state index >= 15 is 0 Å². The lowest BCUT2D eigenvalue weighted by Crippen LogP contribution is -2.28. The molecule has 5 nitrogen and oxygen atoms in total. The van der Waals surface area contributed by atoms with E-state index in [1.807, 2.05) is 55.6 Å². The van der Waals surface area contributed by atoms with Gasteiger partial charge in [0.1, 0.15) is 5.01 Å². The minimum absolute atomic E-state index is 0.140. The maximum Gasteiger partial charge on any atom is 0.253 e. The predicted molar refractivity (Wildman–Crippen MR) is 109 cm³/mol. The van der Waals surface area contributed by atoms with Crippen molar-refractivity contribution >= 4 is 28.6 Å². The van der Waals surface area contributed by atoms with Crippen molar-refractivity contribution in [2.45, 2.75) is 13.0 Å². The number of rotatable bonds is 5. The van der Waals surface area contributed by atoms with Crippen LogP contribution in [0.2, 0.25) is 0 Å². The number of hydrogen-bond donors (Lipinski definition) is 2. The van der Waals surface area contributed by atoms with Crippen LogP contribution in [-0.2, 0) is 0 Å². The maximum absolute atomic E-state index is 12.8. The number of carbonyl (C=O) groups is 1. The first kappa shape index (κ1) is 17.9. The molecule has 0 aliphatic carbocycles. The van der Waals surface area contributed by atoms with Gasteiger partial charge in [-0.2, -0.15) is 0 Å². The van der Waals surface area contributed by atoms with Crippen molar-refractivity contribution in [2.75, 3.05) is 24.7 Å². The average Bonchev–Trinajstić information content (AvgIpc) is 3.16. The second-order valence-corrected chi connectivity index (χ2v) is 7.22. The third kappa shape index (κ3) is 3.86. The summed E-state index contributed by atoms with van der Waals surface area (Å²) < 4.78 is 0. The van der Waals surface area contributed by atoms with Crippen molar-refractivity contribution in [2.24, 2.45) is 0 Å². The van der Waals surface area contributed by atoms with Gasteiger partial charge in [-0.05, 0) is 36.8 Å². The molecule has 0 saturated heterocycles. The van der Waals surface area contributed by atoms with E-state index in [1.165, 1.54) is 0 Å². The fourth-order valence-corrected chi connectivity index (χ4v) is 3.43. The summed E-state index contributed by atoms with van der Waals surface area (Å²) in [7, 11) is 3.81. The Morgan fingerprint density at radius 1 is 1.23 bits per heavy atom. The SMILES string of the molecule is CC(NC(=O)c1cc(N)ccc1N(C)C)c1cccc(-c2nccs2)c1. The van der Waals surface area contributed by atoms with E-state index in [0.717, 1.165) is 21.8 Å². The smallest absolute Gasteiger partial charge is 0.253 e. The van der Waals surface area contributed by atoms with Crippen molar-refractivity contribution in [1.29, 1.82) is 0 Å². The number of nitrogens with zero attached hydrogens (tertiary/aromatic N) is 2. The molecule has 3 rings (SSSR count). The molecule has 1 heterocycles. The van der Waals surface area contributed by atoms with Gasteiger partial charge in [0.05, 0.1) is 11.6 Å². The molecule has 2 aromatic carbocycles. The van der Waals surface area contributed by atoms with Crippen LogP contribution in [0.25, 0.3) is 10.6 Å². The predicted octanol–water partition coefficient (Wildman–Crippen LogP) is 3.95. The van der Waals surface area contributed by atoms with Crippen LogP contribution in [0.3, 0.4) is 0 Å². The van der Waals surface area contributed by atoms with Gasteiger partial charge in [0.15, 0.2) is 0 Å².